The van der Waals surface area contributed by atoms with E-state index >= 15 is 0 Å². The van der Waals surface area contributed by atoms with Gasteiger partial charge in [-0.3, -0.25) is 4.79 Å². The predicted molar refractivity (Wildman–Crippen MR) is 87.4 cm³/mol. The van der Waals surface area contributed by atoms with Crippen LogP contribution in [-0.2, 0) is 4.74 Å². The maximum atomic E-state index is 12.9. The van der Waals surface area contributed by atoms with Crippen molar-refractivity contribution in [3.05, 3.63) is 77.7 Å². The molecule has 2 aromatic carbocycles. The van der Waals surface area contributed by atoms with Crippen LogP contribution in [0.25, 0.3) is 10.9 Å². The largest absolute Gasteiger partial charge is 0.450 e. The first-order chi connectivity index (χ1) is 11.5. The third-order valence-corrected chi connectivity index (χ3v) is 3.59. The molecule has 1 aromatic heterocycles. The van der Waals surface area contributed by atoms with Crippen LogP contribution in [-0.4, -0.2) is 22.8 Å². The van der Waals surface area contributed by atoms with Gasteiger partial charge in [-0.05, 0) is 43.3 Å². The molecule has 0 N–H and O–H groups in total. The molecule has 0 radical (unpaired) electrons. The van der Waals surface area contributed by atoms with Crippen LogP contribution in [0.15, 0.2) is 60.7 Å². The number of Topliss-reactive ketones (excluding diaryl/α,β-unsaturated/α-hetero) is 1. The highest BCUT2D eigenvalue weighted by atomic mass is 19.1. The second-order valence-electron chi connectivity index (χ2n) is 5.31. The van der Waals surface area contributed by atoms with E-state index < -0.39 is 23.7 Å². The standard InChI is InChI=1S/C19H14FNO3/c1-12(18(22)14-6-9-15(20)10-7-14)24-19(23)17-11-8-13-4-2-3-5-16(13)21-17/h2-12H,1H3/t12-/m1/s1. The summed E-state index contributed by atoms with van der Waals surface area (Å²) in [6.45, 7) is 1.48. The second kappa shape index (κ2) is 6.58. The molecule has 120 valence electrons. The minimum atomic E-state index is -0.990. The van der Waals surface area contributed by atoms with Gasteiger partial charge in [0.25, 0.3) is 0 Å². The van der Waals surface area contributed by atoms with Crippen molar-refractivity contribution < 1.29 is 18.7 Å². The van der Waals surface area contributed by atoms with Gasteiger partial charge in [-0.25, -0.2) is 14.2 Å². The van der Waals surface area contributed by atoms with Crippen LogP contribution >= 0.6 is 0 Å². The zero-order chi connectivity index (χ0) is 17.1. The van der Waals surface area contributed by atoms with E-state index in [1.54, 1.807) is 18.2 Å². The third kappa shape index (κ3) is 3.30. The predicted octanol–water partition coefficient (Wildman–Crippen LogP) is 3.80. The molecule has 3 aromatic rings. The highest BCUT2D eigenvalue weighted by molar-refractivity contribution is 6.01. The summed E-state index contributed by atoms with van der Waals surface area (Å²) in [7, 11) is 0. The van der Waals surface area contributed by atoms with E-state index in [0.717, 1.165) is 5.39 Å². The van der Waals surface area contributed by atoms with Gasteiger partial charge >= 0.3 is 5.97 Å². The van der Waals surface area contributed by atoms with Crippen molar-refractivity contribution in [1.29, 1.82) is 0 Å². The van der Waals surface area contributed by atoms with Gasteiger partial charge in [0.1, 0.15) is 11.5 Å². The summed E-state index contributed by atoms with van der Waals surface area (Å²) in [6.07, 6.45) is -0.990. The molecule has 0 saturated carbocycles. The number of pyridine rings is 1. The summed E-state index contributed by atoms with van der Waals surface area (Å²) in [5.74, 6) is -1.51. The van der Waals surface area contributed by atoms with Gasteiger partial charge in [0, 0.05) is 10.9 Å². The molecular weight excluding hydrogens is 309 g/mol. The number of ketones is 1. The number of carbonyl (C=O) groups excluding carboxylic acids is 2. The number of fused-ring (bicyclic) bond motifs is 1. The molecule has 0 amide bonds. The smallest absolute Gasteiger partial charge is 0.357 e. The van der Waals surface area contributed by atoms with Crippen molar-refractivity contribution in [2.75, 3.05) is 0 Å². The minimum Gasteiger partial charge on any atom is -0.450 e. The molecule has 5 heteroatoms. The quantitative estimate of drug-likeness (QED) is 0.541. The van der Waals surface area contributed by atoms with Gasteiger partial charge in [-0.1, -0.05) is 24.3 Å². The van der Waals surface area contributed by atoms with Gasteiger partial charge < -0.3 is 4.74 Å². The molecule has 0 fully saturated rings. The molecular formula is C19H14FNO3. The Morgan fingerprint density at radius 2 is 1.71 bits per heavy atom. The van der Waals surface area contributed by atoms with Crippen LogP contribution < -0.4 is 0 Å². The lowest BCUT2D eigenvalue weighted by atomic mass is 10.1. The fourth-order valence-electron chi connectivity index (χ4n) is 2.30. The monoisotopic (exact) mass is 323 g/mol. The fraction of sp³-hybridized carbons (Fsp3) is 0.105. The van der Waals surface area contributed by atoms with E-state index in [1.807, 2.05) is 18.2 Å². The number of hydrogen-bond donors (Lipinski definition) is 0. The summed E-state index contributed by atoms with van der Waals surface area (Å²) in [4.78, 5) is 28.6. The number of halogens is 1. The Morgan fingerprint density at radius 3 is 2.46 bits per heavy atom. The molecule has 0 aliphatic heterocycles. The average Bonchev–Trinajstić information content (AvgIpc) is 2.61. The number of carbonyl (C=O) groups is 2. The Labute approximate surface area is 137 Å². The summed E-state index contributed by atoms with van der Waals surface area (Å²) in [5.41, 5.74) is 1.08. The number of ether oxygens (including phenoxy) is 1. The van der Waals surface area contributed by atoms with E-state index in [1.165, 1.54) is 31.2 Å². The van der Waals surface area contributed by atoms with E-state index in [0.29, 0.717) is 5.52 Å². The van der Waals surface area contributed by atoms with Gasteiger partial charge in [0.05, 0.1) is 5.52 Å². The van der Waals surface area contributed by atoms with Crippen molar-refractivity contribution >= 4 is 22.7 Å². The number of rotatable bonds is 4. The summed E-state index contributed by atoms with van der Waals surface area (Å²) < 4.78 is 18.1. The normalized spacial score (nSPS) is 11.9. The molecule has 0 saturated heterocycles. The topological polar surface area (TPSA) is 56.3 Å². The maximum absolute atomic E-state index is 12.9. The highest BCUT2D eigenvalue weighted by Crippen LogP contribution is 2.14. The average molecular weight is 323 g/mol. The zero-order valence-corrected chi connectivity index (χ0v) is 12.9. The van der Waals surface area contributed by atoms with Crippen molar-refractivity contribution in [2.45, 2.75) is 13.0 Å². The first-order valence-corrected chi connectivity index (χ1v) is 7.41. The molecule has 3 rings (SSSR count). The second-order valence-corrected chi connectivity index (χ2v) is 5.31. The summed E-state index contributed by atoms with van der Waals surface area (Å²) in [6, 6.07) is 15.8. The third-order valence-electron chi connectivity index (χ3n) is 3.59. The van der Waals surface area contributed by atoms with Crippen LogP contribution in [0.5, 0.6) is 0 Å². The van der Waals surface area contributed by atoms with Crippen molar-refractivity contribution in [1.82, 2.24) is 4.98 Å². The Bertz CT molecular complexity index is 906. The molecule has 0 spiro atoms. The van der Waals surface area contributed by atoms with Crippen LogP contribution in [0.4, 0.5) is 4.39 Å². The van der Waals surface area contributed by atoms with Crippen LogP contribution in [0, 0.1) is 5.82 Å². The molecule has 0 aliphatic carbocycles. The number of hydrogen-bond acceptors (Lipinski definition) is 4. The molecule has 1 heterocycles. The lowest BCUT2D eigenvalue weighted by Crippen LogP contribution is -2.24. The summed E-state index contributed by atoms with van der Waals surface area (Å²) >= 11 is 0. The number of para-hydroxylation sites is 1. The van der Waals surface area contributed by atoms with Gasteiger partial charge in [0.15, 0.2) is 6.10 Å². The van der Waals surface area contributed by atoms with E-state index in [9.17, 15) is 14.0 Å². The van der Waals surface area contributed by atoms with Gasteiger partial charge in [-0.15, -0.1) is 0 Å². The minimum absolute atomic E-state index is 0.132. The van der Waals surface area contributed by atoms with Gasteiger partial charge in [0.2, 0.25) is 5.78 Å². The van der Waals surface area contributed by atoms with E-state index in [2.05, 4.69) is 4.98 Å². The van der Waals surface area contributed by atoms with Crippen LogP contribution in [0.3, 0.4) is 0 Å². The first-order valence-electron chi connectivity index (χ1n) is 7.41. The van der Waals surface area contributed by atoms with Gasteiger partial charge in [-0.2, -0.15) is 0 Å². The Kier molecular flexibility index (Phi) is 4.33. The van der Waals surface area contributed by atoms with Crippen molar-refractivity contribution in [3.8, 4) is 0 Å². The molecule has 4 nitrogen and oxygen atoms in total. The van der Waals surface area contributed by atoms with Crippen LogP contribution in [0.1, 0.15) is 27.8 Å². The number of nitrogens with zero attached hydrogens (tertiary/aromatic N) is 1. The molecule has 1 atom stereocenters. The Hall–Kier alpha value is -3.08. The Morgan fingerprint density at radius 1 is 1.00 bits per heavy atom. The molecule has 0 bridgehead atoms. The number of esters is 1. The lowest BCUT2D eigenvalue weighted by molar-refractivity contribution is 0.0313. The van der Waals surface area contributed by atoms with Crippen molar-refractivity contribution in [3.63, 3.8) is 0 Å². The zero-order valence-electron chi connectivity index (χ0n) is 12.9. The molecule has 0 aliphatic rings. The van der Waals surface area contributed by atoms with E-state index in [4.69, 9.17) is 4.74 Å². The lowest BCUT2D eigenvalue weighted by Gasteiger charge is -2.12. The van der Waals surface area contributed by atoms with Crippen LogP contribution in [0.2, 0.25) is 0 Å². The number of benzene rings is 2. The molecule has 24 heavy (non-hydrogen) atoms. The fourth-order valence-corrected chi connectivity index (χ4v) is 2.30. The van der Waals surface area contributed by atoms with Crippen molar-refractivity contribution in [2.24, 2.45) is 0 Å². The summed E-state index contributed by atoms with van der Waals surface area (Å²) in [5, 5.41) is 0.907. The first kappa shape index (κ1) is 15.8. The maximum Gasteiger partial charge on any atom is 0.357 e. The highest BCUT2D eigenvalue weighted by Gasteiger charge is 2.21. The van der Waals surface area contributed by atoms with E-state index in [-0.39, 0.29) is 11.3 Å². The number of aromatic nitrogens is 1. The SMILES string of the molecule is C[C@@H](OC(=O)c1ccc2ccccc2n1)C(=O)c1ccc(F)cc1. The Balaban J connectivity index is 1.75. The molecule has 0 unspecified atom stereocenters.